The van der Waals surface area contributed by atoms with Crippen LogP contribution < -0.4 is 19.1 Å². The SMILES string of the molecule is CCOc1ccc(N2C(=O)C(=O)/C(=C(/O)c3cc(OC)c(Cl)cc3OC)C2c2cccnc2)cc1. The maximum Gasteiger partial charge on any atom is 0.300 e. The molecule has 0 bridgehead atoms. The zero-order valence-corrected chi connectivity index (χ0v) is 20.1. The van der Waals surface area contributed by atoms with Crippen LogP contribution in [0.3, 0.4) is 0 Å². The van der Waals surface area contributed by atoms with Gasteiger partial charge in [-0.3, -0.25) is 19.5 Å². The Balaban J connectivity index is 1.93. The second-order valence-electron chi connectivity index (χ2n) is 7.57. The first kappa shape index (κ1) is 24.1. The molecule has 180 valence electrons. The summed E-state index contributed by atoms with van der Waals surface area (Å²) in [7, 11) is 2.84. The zero-order chi connectivity index (χ0) is 25.1. The number of nitrogens with zero attached hydrogens (tertiary/aromatic N) is 2. The number of methoxy groups -OCH3 is 2. The Labute approximate surface area is 207 Å². The fourth-order valence-corrected chi connectivity index (χ4v) is 4.24. The Morgan fingerprint density at radius 3 is 2.40 bits per heavy atom. The fraction of sp³-hybridized carbons (Fsp3) is 0.192. The number of ether oxygens (including phenoxy) is 3. The van der Waals surface area contributed by atoms with Crippen molar-refractivity contribution in [3.8, 4) is 17.2 Å². The maximum atomic E-state index is 13.3. The predicted molar refractivity (Wildman–Crippen MR) is 131 cm³/mol. The van der Waals surface area contributed by atoms with E-state index in [0.717, 1.165) is 0 Å². The number of Topliss-reactive ketones (excluding diaryl/α,β-unsaturated/α-hetero) is 1. The van der Waals surface area contributed by atoms with Gasteiger partial charge in [-0.15, -0.1) is 0 Å². The molecule has 8 nitrogen and oxygen atoms in total. The van der Waals surface area contributed by atoms with Gasteiger partial charge in [0, 0.05) is 24.1 Å². The summed E-state index contributed by atoms with van der Waals surface area (Å²) in [5.41, 5.74) is 1.05. The van der Waals surface area contributed by atoms with Crippen molar-refractivity contribution in [3.05, 3.63) is 82.6 Å². The number of hydrogen-bond donors (Lipinski definition) is 1. The van der Waals surface area contributed by atoms with Gasteiger partial charge in [-0.2, -0.15) is 0 Å². The predicted octanol–water partition coefficient (Wildman–Crippen LogP) is 4.78. The summed E-state index contributed by atoms with van der Waals surface area (Å²) >= 11 is 6.21. The molecule has 2 heterocycles. The summed E-state index contributed by atoms with van der Waals surface area (Å²) in [6, 6.07) is 12.2. The highest BCUT2D eigenvalue weighted by Gasteiger charge is 2.47. The lowest BCUT2D eigenvalue weighted by molar-refractivity contribution is -0.132. The molecule has 1 aliphatic rings. The van der Waals surface area contributed by atoms with Crippen LogP contribution in [0.4, 0.5) is 5.69 Å². The maximum absolute atomic E-state index is 13.3. The van der Waals surface area contributed by atoms with E-state index in [9.17, 15) is 14.7 Å². The van der Waals surface area contributed by atoms with Crippen LogP contribution in [0.1, 0.15) is 24.1 Å². The molecule has 2 aromatic carbocycles. The van der Waals surface area contributed by atoms with Gasteiger partial charge in [0.15, 0.2) is 0 Å². The molecule has 0 radical (unpaired) electrons. The van der Waals surface area contributed by atoms with E-state index in [2.05, 4.69) is 4.98 Å². The van der Waals surface area contributed by atoms with Gasteiger partial charge in [0.05, 0.1) is 43.0 Å². The van der Waals surface area contributed by atoms with Gasteiger partial charge in [-0.25, -0.2) is 0 Å². The number of carbonyl (C=O) groups is 2. The highest BCUT2D eigenvalue weighted by molar-refractivity contribution is 6.51. The number of ketones is 1. The smallest absolute Gasteiger partial charge is 0.300 e. The van der Waals surface area contributed by atoms with Crippen molar-refractivity contribution in [2.75, 3.05) is 25.7 Å². The molecule has 0 saturated carbocycles. The Morgan fingerprint density at radius 2 is 1.80 bits per heavy atom. The Morgan fingerprint density at radius 1 is 1.09 bits per heavy atom. The summed E-state index contributed by atoms with van der Waals surface area (Å²) in [4.78, 5) is 32.1. The number of anilines is 1. The number of aliphatic hydroxyl groups is 1. The summed E-state index contributed by atoms with van der Waals surface area (Å²) in [6.07, 6.45) is 3.13. The molecule has 3 aromatic rings. The second kappa shape index (κ2) is 10.1. The molecule has 4 rings (SSSR count). The minimum Gasteiger partial charge on any atom is -0.507 e. The lowest BCUT2D eigenvalue weighted by Crippen LogP contribution is -2.29. The number of rotatable bonds is 7. The molecule has 1 N–H and O–H groups in total. The average molecular weight is 495 g/mol. The molecule has 1 aliphatic heterocycles. The van der Waals surface area contributed by atoms with Gasteiger partial charge >= 0.3 is 0 Å². The number of amides is 1. The summed E-state index contributed by atoms with van der Waals surface area (Å²) in [6.45, 7) is 2.36. The molecule has 0 aliphatic carbocycles. The molecule has 1 unspecified atom stereocenters. The van der Waals surface area contributed by atoms with Crippen molar-refractivity contribution in [2.45, 2.75) is 13.0 Å². The van der Waals surface area contributed by atoms with Gasteiger partial charge in [0.1, 0.15) is 23.0 Å². The van der Waals surface area contributed by atoms with Crippen molar-refractivity contribution < 1.29 is 28.9 Å². The van der Waals surface area contributed by atoms with Crippen LogP contribution in [0.2, 0.25) is 5.02 Å². The molecule has 1 atom stereocenters. The van der Waals surface area contributed by atoms with Crippen molar-refractivity contribution in [2.24, 2.45) is 0 Å². The largest absolute Gasteiger partial charge is 0.507 e. The number of halogens is 1. The standard InChI is InChI=1S/C26H23ClN2O6/c1-4-35-17-9-7-16(8-10-17)29-23(15-6-5-11-28-14-15)22(25(31)26(29)32)24(30)18-12-21(34-3)19(27)13-20(18)33-2/h5-14,23,30H,4H2,1-3H3/b24-22+. The minimum atomic E-state index is -0.937. The number of aliphatic hydroxyl groups excluding tert-OH is 1. The third-order valence-corrected chi connectivity index (χ3v) is 5.89. The van der Waals surface area contributed by atoms with E-state index in [0.29, 0.717) is 23.6 Å². The fourth-order valence-electron chi connectivity index (χ4n) is 4.01. The Kier molecular flexibility index (Phi) is 6.93. The Bertz CT molecular complexity index is 1290. The van der Waals surface area contributed by atoms with Crippen LogP contribution in [0.5, 0.6) is 17.2 Å². The van der Waals surface area contributed by atoms with Crippen LogP contribution in [-0.2, 0) is 9.59 Å². The number of benzene rings is 2. The Hall–Kier alpha value is -4.04. The number of pyridine rings is 1. The van der Waals surface area contributed by atoms with Gasteiger partial charge in [-0.1, -0.05) is 17.7 Å². The van der Waals surface area contributed by atoms with Gasteiger partial charge in [0.2, 0.25) is 0 Å². The average Bonchev–Trinajstić information content (AvgIpc) is 3.15. The second-order valence-corrected chi connectivity index (χ2v) is 7.98. The minimum absolute atomic E-state index is 0.112. The number of aromatic nitrogens is 1. The molecule has 1 aromatic heterocycles. The van der Waals surface area contributed by atoms with E-state index in [1.54, 1.807) is 48.8 Å². The van der Waals surface area contributed by atoms with Crippen LogP contribution in [0, 0.1) is 0 Å². The van der Waals surface area contributed by atoms with Crippen molar-refractivity contribution in [1.82, 2.24) is 4.98 Å². The quantitative estimate of drug-likeness (QED) is 0.287. The number of hydrogen-bond acceptors (Lipinski definition) is 7. The lowest BCUT2D eigenvalue weighted by Gasteiger charge is -2.25. The van der Waals surface area contributed by atoms with E-state index in [-0.39, 0.29) is 27.7 Å². The van der Waals surface area contributed by atoms with Gasteiger partial charge in [-0.05, 0) is 48.9 Å². The van der Waals surface area contributed by atoms with E-state index in [4.69, 9.17) is 25.8 Å². The highest BCUT2D eigenvalue weighted by Crippen LogP contribution is 2.44. The van der Waals surface area contributed by atoms with Gasteiger partial charge in [0.25, 0.3) is 11.7 Å². The van der Waals surface area contributed by atoms with Crippen molar-refractivity contribution >= 4 is 34.7 Å². The molecule has 1 saturated heterocycles. The first-order valence-corrected chi connectivity index (χ1v) is 11.1. The van der Waals surface area contributed by atoms with Crippen LogP contribution >= 0.6 is 11.6 Å². The van der Waals surface area contributed by atoms with Crippen LogP contribution in [0.25, 0.3) is 5.76 Å². The normalized spacial score (nSPS) is 16.9. The molecular weight excluding hydrogens is 472 g/mol. The first-order chi connectivity index (χ1) is 16.9. The summed E-state index contributed by atoms with van der Waals surface area (Å²) in [5.74, 6) is -0.940. The van der Waals surface area contributed by atoms with Crippen LogP contribution in [0.15, 0.2) is 66.5 Å². The van der Waals surface area contributed by atoms with Crippen molar-refractivity contribution in [3.63, 3.8) is 0 Å². The monoisotopic (exact) mass is 494 g/mol. The van der Waals surface area contributed by atoms with E-state index < -0.39 is 23.5 Å². The third-order valence-electron chi connectivity index (χ3n) is 5.60. The molecule has 35 heavy (non-hydrogen) atoms. The van der Waals surface area contributed by atoms with E-state index >= 15 is 0 Å². The molecule has 1 amide bonds. The molecular formula is C26H23ClN2O6. The topological polar surface area (TPSA) is 98.2 Å². The summed E-state index contributed by atoms with van der Waals surface area (Å²) < 4.78 is 16.2. The highest BCUT2D eigenvalue weighted by atomic mass is 35.5. The molecule has 0 spiro atoms. The van der Waals surface area contributed by atoms with Crippen molar-refractivity contribution in [1.29, 1.82) is 0 Å². The van der Waals surface area contributed by atoms with E-state index in [1.165, 1.54) is 31.3 Å². The third kappa shape index (κ3) is 4.40. The van der Waals surface area contributed by atoms with E-state index in [1.807, 2.05) is 6.92 Å². The molecule has 9 heteroatoms. The van der Waals surface area contributed by atoms with Crippen LogP contribution in [-0.4, -0.2) is 42.6 Å². The molecule has 1 fully saturated rings. The summed E-state index contributed by atoms with van der Waals surface area (Å²) in [5, 5.41) is 11.7. The van der Waals surface area contributed by atoms with Gasteiger partial charge < -0.3 is 19.3 Å². The lowest BCUT2D eigenvalue weighted by atomic mass is 9.95. The number of carbonyl (C=O) groups excluding carboxylic acids is 2. The zero-order valence-electron chi connectivity index (χ0n) is 19.3. The first-order valence-electron chi connectivity index (χ1n) is 10.8.